The Hall–Kier alpha value is -2.45. The van der Waals surface area contributed by atoms with E-state index in [9.17, 15) is 4.79 Å². The summed E-state index contributed by atoms with van der Waals surface area (Å²) in [5.74, 6) is 1.00. The summed E-state index contributed by atoms with van der Waals surface area (Å²) in [7, 11) is 0. The van der Waals surface area contributed by atoms with Crippen LogP contribution in [-0.4, -0.2) is 46.9 Å². The molecule has 1 saturated heterocycles. The van der Waals surface area contributed by atoms with Gasteiger partial charge < -0.3 is 9.64 Å². The van der Waals surface area contributed by atoms with Gasteiger partial charge in [0.2, 0.25) is 5.88 Å². The topological polar surface area (TPSA) is 45.7 Å². The number of halogens is 1. The summed E-state index contributed by atoms with van der Waals surface area (Å²) in [5.41, 5.74) is 1.82. The van der Waals surface area contributed by atoms with Crippen molar-refractivity contribution in [2.75, 3.05) is 26.2 Å². The van der Waals surface area contributed by atoms with Crippen molar-refractivity contribution in [3.05, 3.63) is 87.6 Å². The van der Waals surface area contributed by atoms with Crippen LogP contribution < -0.4 is 4.74 Å². The van der Waals surface area contributed by atoms with E-state index in [2.05, 4.69) is 56.7 Å². The van der Waals surface area contributed by atoms with Gasteiger partial charge in [-0.25, -0.2) is 4.98 Å². The van der Waals surface area contributed by atoms with Gasteiger partial charge in [-0.15, -0.1) is 0 Å². The number of hydrogen-bond donors (Lipinski definition) is 0. The SMILES string of the molecule is O=C(c1cccnc1Oc1ccccc1)N1CCCN(Cc2cccc(I)c2)CC1. The number of rotatable bonds is 5. The lowest BCUT2D eigenvalue weighted by Gasteiger charge is -2.22. The lowest BCUT2D eigenvalue weighted by Crippen LogP contribution is -2.35. The molecule has 0 unspecified atom stereocenters. The fourth-order valence-electron chi connectivity index (χ4n) is 3.63. The fraction of sp³-hybridized carbons (Fsp3) is 0.250. The van der Waals surface area contributed by atoms with Gasteiger partial charge in [0.25, 0.3) is 5.91 Å². The predicted molar refractivity (Wildman–Crippen MR) is 126 cm³/mol. The molecular weight excluding hydrogens is 489 g/mol. The smallest absolute Gasteiger partial charge is 0.259 e. The van der Waals surface area contributed by atoms with Crippen molar-refractivity contribution >= 4 is 28.5 Å². The van der Waals surface area contributed by atoms with Crippen molar-refractivity contribution in [1.29, 1.82) is 0 Å². The van der Waals surface area contributed by atoms with Crippen LogP contribution in [0, 0.1) is 3.57 Å². The fourth-order valence-corrected chi connectivity index (χ4v) is 4.24. The first kappa shape index (κ1) is 20.8. The minimum atomic E-state index is -0.0230. The summed E-state index contributed by atoms with van der Waals surface area (Å²) >= 11 is 2.35. The summed E-state index contributed by atoms with van der Waals surface area (Å²) in [6.45, 7) is 4.18. The van der Waals surface area contributed by atoms with Crippen LogP contribution in [0.2, 0.25) is 0 Å². The zero-order valence-electron chi connectivity index (χ0n) is 16.7. The molecule has 154 valence electrons. The largest absolute Gasteiger partial charge is 0.438 e. The molecule has 5 nitrogen and oxygen atoms in total. The molecule has 1 aliphatic heterocycles. The number of pyridine rings is 1. The van der Waals surface area contributed by atoms with Crippen LogP contribution in [-0.2, 0) is 6.54 Å². The second kappa shape index (κ2) is 10.0. The van der Waals surface area contributed by atoms with Crippen molar-refractivity contribution in [2.24, 2.45) is 0 Å². The van der Waals surface area contributed by atoms with Crippen LogP contribution in [0.4, 0.5) is 0 Å². The molecule has 1 aliphatic rings. The maximum Gasteiger partial charge on any atom is 0.259 e. The Morgan fingerprint density at radius 3 is 2.67 bits per heavy atom. The highest BCUT2D eigenvalue weighted by molar-refractivity contribution is 14.1. The Kier molecular flexibility index (Phi) is 6.96. The monoisotopic (exact) mass is 513 g/mol. The Balaban J connectivity index is 1.43. The van der Waals surface area contributed by atoms with Crippen molar-refractivity contribution in [3.63, 3.8) is 0 Å². The number of nitrogens with zero attached hydrogens (tertiary/aromatic N) is 3. The van der Waals surface area contributed by atoms with E-state index >= 15 is 0 Å². The molecule has 2 heterocycles. The lowest BCUT2D eigenvalue weighted by atomic mass is 10.2. The minimum absolute atomic E-state index is 0.0230. The van der Waals surface area contributed by atoms with Crippen LogP contribution in [0.5, 0.6) is 11.6 Å². The zero-order valence-corrected chi connectivity index (χ0v) is 18.9. The van der Waals surface area contributed by atoms with E-state index in [0.29, 0.717) is 23.7 Å². The van der Waals surface area contributed by atoms with E-state index in [1.54, 1.807) is 18.3 Å². The summed E-state index contributed by atoms with van der Waals surface area (Å²) in [6.07, 6.45) is 2.60. The van der Waals surface area contributed by atoms with Crippen LogP contribution in [0.25, 0.3) is 0 Å². The van der Waals surface area contributed by atoms with Crippen LogP contribution in [0.15, 0.2) is 72.9 Å². The Morgan fingerprint density at radius 1 is 0.967 bits per heavy atom. The molecule has 0 atom stereocenters. The van der Waals surface area contributed by atoms with Gasteiger partial charge >= 0.3 is 0 Å². The van der Waals surface area contributed by atoms with Crippen LogP contribution in [0.1, 0.15) is 22.3 Å². The van der Waals surface area contributed by atoms with E-state index in [0.717, 1.165) is 32.6 Å². The normalized spacial score (nSPS) is 14.9. The van der Waals surface area contributed by atoms with Crippen LogP contribution in [0.3, 0.4) is 0 Å². The average molecular weight is 513 g/mol. The first-order valence-corrected chi connectivity index (χ1v) is 11.2. The van der Waals surface area contributed by atoms with Gasteiger partial charge in [0, 0.05) is 42.5 Å². The quantitative estimate of drug-likeness (QED) is 0.459. The number of carbonyl (C=O) groups is 1. The molecular formula is C24H24IN3O2. The molecule has 0 radical (unpaired) electrons. The third-order valence-corrected chi connectivity index (χ3v) is 5.80. The number of hydrogen-bond acceptors (Lipinski definition) is 4. The molecule has 2 aromatic carbocycles. The van der Waals surface area contributed by atoms with Gasteiger partial charge in [-0.2, -0.15) is 0 Å². The highest BCUT2D eigenvalue weighted by atomic mass is 127. The molecule has 1 amide bonds. The van der Waals surface area contributed by atoms with Gasteiger partial charge in [0.15, 0.2) is 0 Å². The molecule has 0 bridgehead atoms. The summed E-state index contributed by atoms with van der Waals surface area (Å²) in [5, 5.41) is 0. The van der Waals surface area contributed by atoms with Gasteiger partial charge in [-0.3, -0.25) is 9.69 Å². The average Bonchev–Trinajstić information content (AvgIpc) is 3.00. The number of ether oxygens (including phenoxy) is 1. The first-order valence-electron chi connectivity index (χ1n) is 10.1. The third kappa shape index (κ3) is 5.37. The van der Waals surface area contributed by atoms with E-state index in [-0.39, 0.29) is 5.91 Å². The van der Waals surface area contributed by atoms with E-state index in [1.165, 1.54) is 9.13 Å². The second-order valence-electron chi connectivity index (χ2n) is 7.32. The first-order chi connectivity index (χ1) is 14.7. The van der Waals surface area contributed by atoms with E-state index in [4.69, 9.17) is 4.74 Å². The maximum atomic E-state index is 13.3. The minimum Gasteiger partial charge on any atom is -0.438 e. The van der Waals surface area contributed by atoms with E-state index < -0.39 is 0 Å². The lowest BCUT2D eigenvalue weighted by molar-refractivity contribution is 0.0757. The maximum absolute atomic E-state index is 13.3. The Bertz CT molecular complexity index is 997. The molecule has 1 fully saturated rings. The molecule has 30 heavy (non-hydrogen) atoms. The number of benzene rings is 2. The summed E-state index contributed by atoms with van der Waals surface area (Å²) < 4.78 is 7.14. The molecule has 3 aromatic rings. The van der Waals surface area contributed by atoms with Crippen molar-refractivity contribution < 1.29 is 9.53 Å². The van der Waals surface area contributed by atoms with Crippen molar-refractivity contribution in [2.45, 2.75) is 13.0 Å². The second-order valence-corrected chi connectivity index (χ2v) is 8.57. The predicted octanol–water partition coefficient (Wildman–Crippen LogP) is 4.83. The molecule has 4 rings (SSSR count). The molecule has 0 saturated carbocycles. The van der Waals surface area contributed by atoms with Gasteiger partial charge in [-0.1, -0.05) is 30.3 Å². The zero-order chi connectivity index (χ0) is 20.8. The Morgan fingerprint density at radius 2 is 1.83 bits per heavy atom. The molecule has 0 aliphatic carbocycles. The van der Waals surface area contributed by atoms with Crippen molar-refractivity contribution in [1.82, 2.24) is 14.8 Å². The summed E-state index contributed by atoms with van der Waals surface area (Å²) in [6, 6.07) is 21.6. The molecule has 0 spiro atoms. The number of amides is 1. The number of aromatic nitrogens is 1. The summed E-state index contributed by atoms with van der Waals surface area (Å²) in [4.78, 5) is 21.9. The van der Waals surface area contributed by atoms with Gasteiger partial charge in [-0.05, 0) is 71.0 Å². The molecule has 1 aromatic heterocycles. The van der Waals surface area contributed by atoms with Gasteiger partial charge in [0.1, 0.15) is 11.3 Å². The number of para-hydroxylation sites is 1. The van der Waals surface area contributed by atoms with Crippen molar-refractivity contribution in [3.8, 4) is 11.6 Å². The third-order valence-electron chi connectivity index (χ3n) is 5.13. The number of carbonyl (C=O) groups excluding carboxylic acids is 1. The standard InChI is InChI=1S/C24H24IN3O2/c25-20-8-4-7-19(17-20)18-27-13-6-14-28(16-15-27)24(29)22-11-5-12-26-23(22)30-21-9-2-1-3-10-21/h1-5,7-12,17H,6,13-16,18H2. The highest BCUT2D eigenvalue weighted by Gasteiger charge is 2.23. The molecule has 6 heteroatoms. The van der Waals surface area contributed by atoms with Crippen LogP contribution >= 0.6 is 22.6 Å². The Labute approximate surface area is 190 Å². The highest BCUT2D eigenvalue weighted by Crippen LogP contribution is 2.24. The van der Waals surface area contributed by atoms with Gasteiger partial charge in [0.05, 0.1) is 0 Å². The van der Waals surface area contributed by atoms with E-state index in [1.807, 2.05) is 35.2 Å². The molecule has 0 N–H and O–H groups in total.